The van der Waals surface area contributed by atoms with Crippen molar-refractivity contribution in [3.8, 4) is 45.4 Å². The molecule has 0 aliphatic rings. The quantitative estimate of drug-likeness (QED) is 0.239. The Morgan fingerprint density at radius 1 is 0.925 bits per heavy atom. The minimum absolute atomic E-state index is 0.232. The number of hydrogen-bond donors (Lipinski definition) is 3. The molecule has 0 saturated heterocycles. The van der Waals surface area contributed by atoms with Gasteiger partial charge in [0.15, 0.2) is 17.5 Å². The van der Waals surface area contributed by atoms with E-state index in [9.17, 15) is 4.79 Å². The molecule has 1 unspecified atom stereocenters. The van der Waals surface area contributed by atoms with Crippen molar-refractivity contribution in [1.82, 2.24) is 10.1 Å². The number of quaternary nitrogens is 1. The van der Waals surface area contributed by atoms with E-state index in [4.69, 9.17) is 23.5 Å². The number of fused-ring (bicyclic) bond motifs is 1. The van der Waals surface area contributed by atoms with Gasteiger partial charge in [-0.15, -0.1) is 0 Å². The molecule has 40 heavy (non-hydrogen) atoms. The number of nitrogens with zero attached hydrogens (tertiary/aromatic N) is 1. The Labute approximate surface area is 231 Å². The molecule has 1 atom stereocenters. The molecular formula is C30H31N4O6+. The molecule has 10 nitrogen and oxygen atoms in total. The van der Waals surface area contributed by atoms with Gasteiger partial charge in [0.05, 0.1) is 34.1 Å². The summed E-state index contributed by atoms with van der Waals surface area (Å²) in [5, 5.41) is 8.31. The first-order valence-corrected chi connectivity index (χ1v) is 12.6. The van der Waals surface area contributed by atoms with Crippen LogP contribution < -0.4 is 30.0 Å². The fourth-order valence-corrected chi connectivity index (χ4v) is 4.68. The lowest BCUT2D eigenvalue weighted by molar-refractivity contribution is -0.402. The fraction of sp³-hybridized carbons (Fsp3) is 0.200. The summed E-state index contributed by atoms with van der Waals surface area (Å²) < 4.78 is 27.3. The van der Waals surface area contributed by atoms with Crippen molar-refractivity contribution < 1.29 is 34.0 Å². The number of amides is 1. The average molecular weight is 544 g/mol. The smallest absolute Gasteiger partial charge is 0.283 e. The third-order valence-electron chi connectivity index (χ3n) is 6.70. The zero-order chi connectivity index (χ0) is 28.2. The predicted octanol–water partition coefficient (Wildman–Crippen LogP) is 4.32. The number of carbonyl (C=O) groups excluding carboxylic acids is 1. The van der Waals surface area contributed by atoms with E-state index in [-0.39, 0.29) is 5.91 Å². The number of rotatable bonds is 10. The van der Waals surface area contributed by atoms with Crippen molar-refractivity contribution in [1.29, 1.82) is 0 Å². The minimum atomic E-state index is -0.535. The van der Waals surface area contributed by atoms with Crippen LogP contribution in [0.4, 0.5) is 5.69 Å². The molecule has 5 N–H and O–H groups in total. The Morgan fingerprint density at radius 3 is 2.33 bits per heavy atom. The molecule has 0 aliphatic carbocycles. The lowest BCUT2D eigenvalue weighted by Crippen LogP contribution is -2.67. The van der Waals surface area contributed by atoms with Gasteiger partial charge in [0, 0.05) is 28.8 Å². The lowest BCUT2D eigenvalue weighted by atomic mass is 10.00. The Balaban J connectivity index is 1.42. The number of aromatic amines is 1. The maximum atomic E-state index is 13.2. The molecule has 0 spiro atoms. The first-order chi connectivity index (χ1) is 19.4. The van der Waals surface area contributed by atoms with E-state index in [1.807, 2.05) is 42.5 Å². The number of ether oxygens (including phenoxy) is 4. The summed E-state index contributed by atoms with van der Waals surface area (Å²) >= 11 is 0. The maximum absolute atomic E-state index is 13.2. The molecule has 10 heteroatoms. The highest BCUT2D eigenvalue weighted by molar-refractivity contribution is 5.96. The number of carbonyl (C=O) groups is 1. The van der Waals surface area contributed by atoms with Gasteiger partial charge in [-0.2, -0.15) is 0 Å². The number of nitrogens with one attached hydrogen (secondary N) is 2. The van der Waals surface area contributed by atoms with Crippen LogP contribution in [0.1, 0.15) is 5.69 Å². The van der Waals surface area contributed by atoms with E-state index >= 15 is 0 Å². The topological polar surface area (TPSA) is 135 Å². The molecule has 0 radical (unpaired) electrons. The van der Waals surface area contributed by atoms with Crippen molar-refractivity contribution in [3.05, 3.63) is 72.6 Å². The number of anilines is 1. The third-order valence-corrected chi connectivity index (χ3v) is 6.70. The molecule has 1 amide bonds. The van der Waals surface area contributed by atoms with E-state index in [2.05, 4.69) is 21.2 Å². The minimum Gasteiger partial charge on any atom is -0.495 e. The Hall–Kier alpha value is -4.96. The van der Waals surface area contributed by atoms with Gasteiger partial charge in [-0.1, -0.05) is 29.4 Å². The summed E-state index contributed by atoms with van der Waals surface area (Å²) in [6, 6.07) is 18.6. The van der Waals surface area contributed by atoms with E-state index in [0.29, 0.717) is 51.9 Å². The van der Waals surface area contributed by atoms with Crippen LogP contribution in [0.5, 0.6) is 23.0 Å². The number of hydrogen-bond acceptors (Lipinski definition) is 7. The van der Waals surface area contributed by atoms with Crippen molar-refractivity contribution in [2.75, 3.05) is 33.8 Å². The van der Waals surface area contributed by atoms with Crippen LogP contribution in [0.2, 0.25) is 0 Å². The van der Waals surface area contributed by atoms with Crippen LogP contribution in [-0.4, -0.2) is 50.5 Å². The van der Waals surface area contributed by atoms with Crippen LogP contribution in [-0.2, 0) is 11.2 Å². The van der Waals surface area contributed by atoms with Gasteiger partial charge in [-0.05, 0) is 47.3 Å². The molecule has 2 aromatic heterocycles. The van der Waals surface area contributed by atoms with Crippen LogP contribution in [0.25, 0.3) is 33.3 Å². The predicted molar refractivity (Wildman–Crippen MR) is 151 cm³/mol. The van der Waals surface area contributed by atoms with Crippen molar-refractivity contribution in [3.63, 3.8) is 0 Å². The fourth-order valence-electron chi connectivity index (χ4n) is 4.68. The Kier molecular flexibility index (Phi) is 7.61. The highest BCUT2D eigenvalue weighted by Gasteiger charge is 2.23. The molecule has 206 valence electrons. The van der Waals surface area contributed by atoms with Gasteiger partial charge in [-0.3, -0.25) is 4.79 Å². The molecule has 0 bridgehead atoms. The highest BCUT2D eigenvalue weighted by Crippen LogP contribution is 2.43. The monoisotopic (exact) mass is 543 g/mol. The zero-order valence-corrected chi connectivity index (χ0v) is 22.7. The number of aromatic nitrogens is 2. The standard InChI is InChI=1S/C30H30N4O6/c1-36-25-10-9-17(21-16-40-34-28(21)19-13-26(37-2)29(39-4)27(14-19)38-3)12-24(25)33-30(35)22(31)15-20-11-18-7-5-6-8-23(18)32-20/h5-14,16,22,32H,15,31H2,1-4H3,(H,33,35)/p+1. The third kappa shape index (κ3) is 5.16. The summed E-state index contributed by atoms with van der Waals surface area (Å²) in [7, 11) is 6.21. The van der Waals surface area contributed by atoms with Gasteiger partial charge in [-0.25, -0.2) is 0 Å². The van der Waals surface area contributed by atoms with Gasteiger partial charge < -0.3 is 39.5 Å². The number of H-pyrrole nitrogens is 1. The largest absolute Gasteiger partial charge is 0.495 e. The van der Waals surface area contributed by atoms with Gasteiger partial charge in [0.25, 0.3) is 5.91 Å². The van der Waals surface area contributed by atoms with Crippen LogP contribution in [0.3, 0.4) is 0 Å². The zero-order valence-electron chi connectivity index (χ0n) is 22.7. The summed E-state index contributed by atoms with van der Waals surface area (Å²) in [4.78, 5) is 16.5. The molecule has 0 aliphatic heterocycles. The van der Waals surface area contributed by atoms with Crippen molar-refractivity contribution >= 4 is 22.5 Å². The number of methoxy groups -OCH3 is 4. The maximum Gasteiger partial charge on any atom is 0.283 e. The van der Waals surface area contributed by atoms with Gasteiger partial charge in [0.1, 0.15) is 17.7 Å². The summed E-state index contributed by atoms with van der Waals surface area (Å²) in [6.45, 7) is 0. The second kappa shape index (κ2) is 11.4. The second-order valence-corrected chi connectivity index (χ2v) is 9.18. The first-order valence-electron chi connectivity index (χ1n) is 12.6. The van der Waals surface area contributed by atoms with E-state index < -0.39 is 6.04 Å². The van der Waals surface area contributed by atoms with Crippen LogP contribution in [0, 0.1) is 0 Å². The normalized spacial score (nSPS) is 11.7. The molecule has 0 saturated carbocycles. The van der Waals surface area contributed by atoms with E-state index in [0.717, 1.165) is 22.2 Å². The second-order valence-electron chi connectivity index (χ2n) is 9.18. The van der Waals surface area contributed by atoms with Crippen molar-refractivity contribution in [2.45, 2.75) is 12.5 Å². The van der Waals surface area contributed by atoms with E-state index in [1.54, 1.807) is 52.9 Å². The number of para-hydroxylation sites is 1. The molecular weight excluding hydrogens is 512 g/mol. The van der Waals surface area contributed by atoms with Crippen LogP contribution >= 0.6 is 0 Å². The molecule has 5 rings (SSSR count). The molecule has 3 aromatic carbocycles. The molecule has 5 aromatic rings. The summed E-state index contributed by atoms with van der Waals surface area (Å²) in [5.74, 6) is 1.74. The first kappa shape index (κ1) is 26.6. The summed E-state index contributed by atoms with van der Waals surface area (Å²) in [5.41, 5.74) is 9.30. The Morgan fingerprint density at radius 2 is 1.65 bits per heavy atom. The van der Waals surface area contributed by atoms with Crippen LogP contribution in [0.15, 0.2) is 71.4 Å². The van der Waals surface area contributed by atoms with Gasteiger partial charge in [0.2, 0.25) is 5.75 Å². The molecule has 2 heterocycles. The SMILES string of the molecule is COc1ccc(-c2conc2-c2cc(OC)c(OC)c(OC)c2)cc1NC(=O)C([NH3+])Cc1cc2ccccc2[nH]1. The van der Waals surface area contributed by atoms with Crippen molar-refractivity contribution in [2.24, 2.45) is 0 Å². The molecule has 0 fully saturated rings. The van der Waals surface area contributed by atoms with Gasteiger partial charge >= 0.3 is 0 Å². The lowest BCUT2D eigenvalue weighted by Gasteiger charge is -2.15. The highest BCUT2D eigenvalue weighted by atomic mass is 16.5. The van der Waals surface area contributed by atoms with E-state index in [1.165, 1.54) is 0 Å². The summed E-state index contributed by atoms with van der Waals surface area (Å²) in [6.07, 6.45) is 2.01. The average Bonchev–Trinajstić information content (AvgIpc) is 3.63. The number of benzene rings is 3. The Bertz CT molecular complexity index is 1600.